The van der Waals surface area contributed by atoms with Crippen molar-refractivity contribution in [1.29, 1.82) is 10.5 Å². The van der Waals surface area contributed by atoms with Crippen molar-refractivity contribution in [1.82, 2.24) is 4.90 Å². The van der Waals surface area contributed by atoms with E-state index in [4.69, 9.17) is 23.7 Å². The molecule has 192 valence electrons. The van der Waals surface area contributed by atoms with E-state index in [0.29, 0.717) is 59.0 Å². The van der Waals surface area contributed by atoms with Crippen molar-refractivity contribution >= 4 is 6.09 Å². The van der Waals surface area contributed by atoms with Crippen molar-refractivity contribution < 1.29 is 28.5 Å². The van der Waals surface area contributed by atoms with Crippen LogP contribution in [0.25, 0.3) is 0 Å². The fourth-order valence-electron chi connectivity index (χ4n) is 3.22. The fourth-order valence-corrected chi connectivity index (χ4v) is 3.22. The third kappa shape index (κ3) is 14.2. The fraction of sp³-hybridized carbons (Fsp3) is 0.800. The average Bonchev–Trinajstić information content (AvgIpc) is 2.80. The molecule has 3 atom stereocenters. The topological polar surface area (TPSA) is 114 Å². The number of hydrogen-bond donors (Lipinski definition) is 0. The first-order valence-electron chi connectivity index (χ1n) is 12.1. The van der Waals surface area contributed by atoms with Crippen LogP contribution in [0, 0.1) is 34.5 Å². The van der Waals surface area contributed by atoms with E-state index in [2.05, 4.69) is 18.7 Å². The predicted molar refractivity (Wildman–Crippen MR) is 127 cm³/mol. The molecule has 1 aliphatic heterocycles. The molecule has 1 fully saturated rings. The molecule has 0 aromatic heterocycles. The monoisotopic (exact) mass is 479 g/mol. The van der Waals surface area contributed by atoms with Crippen LogP contribution in [0.4, 0.5) is 4.79 Å². The summed E-state index contributed by atoms with van der Waals surface area (Å²) in [5.41, 5.74) is -0.638. The highest BCUT2D eigenvalue weighted by atomic mass is 16.7. The van der Waals surface area contributed by atoms with Gasteiger partial charge in [-0.25, -0.2) is 4.79 Å². The molecule has 1 amide bonds. The smallest absolute Gasteiger partial charge is 0.410 e. The van der Waals surface area contributed by atoms with E-state index in [1.165, 1.54) is 4.90 Å². The molecule has 0 N–H and O–H groups in total. The molecule has 0 radical (unpaired) electrons. The van der Waals surface area contributed by atoms with Gasteiger partial charge >= 0.3 is 6.09 Å². The maximum absolute atomic E-state index is 12.7. The zero-order valence-electron chi connectivity index (χ0n) is 21.0. The third-order valence-corrected chi connectivity index (χ3v) is 5.04. The molecule has 9 nitrogen and oxygen atoms in total. The Kier molecular flexibility index (Phi) is 15.2. The SMILES string of the molecule is C=CCOCC(C#N)CCOCCC(C#N)CN(CCOC1CCCCO1)C(=O)OC(C)(C)C. The molecule has 0 aliphatic carbocycles. The quantitative estimate of drug-likeness (QED) is 0.241. The largest absolute Gasteiger partial charge is 0.444 e. The molecule has 0 saturated carbocycles. The van der Waals surface area contributed by atoms with Gasteiger partial charge in [0.1, 0.15) is 5.60 Å². The molecule has 9 heteroatoms. The van der Waals surface area contributed by atoms with E-state index in [1.54, 1.807) is 6.08 Å². The molecule has 1 saturated heterocycles. The van der Waals surface area contributed by atoms with Crippen molar-refractivity contribution in [2.24, 2.45) is 11.8 Å². The van der Waals surface area contributed by atoms with E-state index in [9.17, 15) is 15.3 Å². The molecule has 1 heterocycles. The number of amides is 1. The van der Waals surface area contributed by atoms with Gasteiger partial charge in [-0.1, -0.05) is 6.08 Å². The van der Waals surface area contributed by atoms with Gasteiger partial charge in [0.2, 0.25) is 0 Å². The summed E-state index contributed by atoms with van der Waals surface area (Å²) < 4.78 is 27.8. The molecule has 1 rings (SSSR count). The second-order valence-electron chi connectivity index (χ2n) is 9.26. The van der Waals surface area contributed by atoms with Gasteiger partial charge in [-0.2, -0.15) is 10.5 Å². The molecule has 3 unspecified atom stereocenters. The van der Waals surface area contributed by atoms with Gasteiger partial charge in [-0.15, -0.1) is 6.58 Å². The molecule has 34 heavy (non-hydrogen) atoms. The minimum Gasteiger partial charge on any atom is -0.444 e. The van der Waals surface area contributed by atoms with Gasteiger partial charge in [0.25, 0.3) is 0 Å². The van der Waals surface area contributed by atoms with Gasteiger partial charge in [0.05, 0.1) is 43.8 Å². The summed E-state index contributed by atoms with van der Waals surface area (Å²) in [6.07, 6.45) is 4.89. The summed E-state index contributed by atoms with van der Waals surface area (Å²) in [6.45, 7) is 12.0. The normalized spacial score (nSPS) is 17.7. The molecule has 0 bridgehead atoms. The Hall–Kier alpha value is -2.17. The number of ether oxygens (including phenoxy) is 5. The maximum Gasteiger partial charge on any atom is 0.410 e. The zero-order chi connectivity index (χ0) is 25.2. The highest BCUT2D eigenvalue weighted by Gasteiger charge is 2.25. The second kappa shape index (κ2) is 17.3. The number of nitrogens with zero attached hydrogens (tertiary/aromatic N) is 3. The standard InChI is InChI=1S/C25H41N3O6/c1-5-12-31-20-22(18-27)10-15-30-14-9-21(17-26)19-28(24(29)34-25(2,3)4)11-16-33-23-8-6-7-13-32-23/h5,21-23H,1,6-16,19-20H2,2-4H3. The Bertz CT molecular complexity index is 661. The molecule has 0 aromatic carbocycles. The summed E-state index contributed by atoms with van der Waals surface area (Å²) in [5.74, 6) is -0.663. The molecular weight excluding hydrogens is 438 g/mol. The van der Waals surface area contributed by atoms with E-state index >= 15 is 0 Å². The van der Waals surface area contributed by atoms with Crippen LogP contribution in [-0.2, 0) is 23.7 Å². The summed E-state index contributed by atoms with van der Waals surface area (Å²) in [6, 6.07) is 4.46. The third-order valence-electron chi connectivity index (χ3n) is 5.04. The summed E-state index contributed by atoms with van der Waals surface area (Å²) in [4.78, 5) is 14.2. The van der Waals surface area contributed by atoms with Crippen LogP contribution in [0.3, 0.4) is 0 Å². The highest BCUT2D eigenvalue weighted by molar-refractivity contribution is 5.68. The lowest BCUT2D eigenvalue weighted by atomic mass is 10.1. The summed E-state index contributed by atoms with van der Waals surface area (Å²) in [7, 11) is 0. The lowest BCUT2D eigenvalue weighted by Gasteiger charge is -2.29. The van der Waals surface area contributed by atoms with Crippen molar-refractivity contribution in [3.63, 3.8) is 0 Å². The first-order chi connectivity index (χ1) is 16.3. The Morgan fingerprint density at radius 2 is 1.85 bits per heavy atom. The number of carbonyl (C=O) groups is 1. The van der Waals surface area contributed by atoms with Gasteiger partial charge in [0.15, 0.2) is 6.29 Å². The van der Waals surface area contributed by atoms with Crippen molar-refractivity contribution in [2.45, 2.75) is 64.8 Å². The molecule has 0 spiro atoms. The minimum atomic E-state index is -0.638. The lowest BCUT2D eigenvalue weighted by molar-refractivity contribution is -0.164. The Morgan fingerprint density at radius 1 is 1.15 bits per heavy atom. The number of carbonyl (C=O) groups excluding carboxylic acids is 1. The number of nitriles is 2. The molecule has 1 aliphatic rings. The minimum absolute atomic E-state index is 0.222. The van der Waals surface area contributed by atoms with Gasteiger partial charge < -0.3 is 28.6 Å². The van der Waals surface area contributed by atoms with E-state index < -0.39 is 17.6 Å². The number of hydrogen-bond acceptors (Lipinski definition) is 8. The Balaban J connectivity index is 2.46. The molecule has 0 aromatic rings. The summed E-state index contributed by atoms with van der Waals surface area (Å²) in [5, 5.41) is 18.8. The van der Waals surface area contributed by atoms with E-state index in [0.717, 1.165) is 19.3 Å². The average molecular weight is 480 g/mol. The maximum atomic E-state index is 12.7. The van der Waals surface area contributed by atoms with Gasteiger partial charge in [-0.3, -0.25) is 0 Å². The van der Waals surface area contributed by atoms with E-state index in [-0.39, 0.29) is 18.8 Å². The number of rotatable bonds is 16. The first-order valence-corrected chi connectivity index (χ1v) is 12.1. The van der Waals surface area contributed by atoms with Crippen molar-refractivity contribution in [3.05, 3.63) is 12.7 Å². The van der Waals surface area contributed by atoms with Crippen LogP contribution in [-0.4, -0.2) is 75.6 Å². The van der Waals surface area contributed by atoms with Crippen molar-refractivity contribution in [2.75, 3.05) is 52.7 Å². The van der Waals surface area contributed by atoms with E-state index in [1.807, 2.05) is 20.8 Å². The van der Waals surface area contributed by atoms with Crippen LogP contribution < -0.4 is 0 Å². The van der Waals surface area contributed by atoms with Gasteiger partial charge in [-0.05, 0) is 52.9 Å². The van der Waals surface area contributed by atoms with Crippen molar-refractivity contribution in [3.8, 4) is 12.1 Å². The summed E-state index contributed by atoms with van der Waals surface area (Å²) >= 11 is 0. The van der Waals surface area contributed by atoms with Gasteiger partial charge in [0, 0.05) is 32.9 Å². The highest BCUT2D eigenvalue weighted by Crippen LogP contribution is 2.16. The Labute approximate surface area is 204 Å². The Morgan fingerprint density at radius 3 is 2.44 bits per heavy atom. The zero-order valence-corrected chi connectivity index (χ0v) is 21.0. The predicted octanol–water partition coefficient (Wildman–Crippen LogP) is 4.05. The lowest BCUT2D eigenvalue weighted by Crippen LogP contribution is -2.42. The second-order valence-corrected chi connectivity index (χ2v) is 9.26. The molecular formula is C25H41N3O6. The van der Waals surface area contributed by atoms with Crippen LogP contribution in [0.2, 0.25) is 0 Å². The van der Waals surface area contributed by atoms with Crippen LogP contribution in [0.15, 0.2) is 12.7 Å². The first kappa shape index (κ1) is 29.9. The van der Waals surface area contributed by atoms with Crippen LogP contribution in [0.5, 0.6) is 0 Å². The van der Waals surface area contributed by atoms with Crippen LogP contribution in [0.1, 0.15) is 52.9 Å². The van der Waals surface area contributed by atoms with Crippen LogP contribution >= 0.6 is 0 Å².